The lowest BCUT2D eigenvalue weighted by atomic mass is 10.1. The van der Waals surface area contributed by atoms with Crippen LogP contribution in [-0.4, -0.2) is 11.0 Å². The van der Waals surface area contributed by atoms with Crippen molar-refractivity contribution in [3.05, 3.63) is 52.3 Å². The zero-order valence-electron chi connectivity index (χ0n) is 11.0. The maximum absolute atomic E-state index is 11.0. The summed E-state index contributed by atoms with van der Waals surface area (Å²) >= 11 is 10.5. The molecule has 22 heavy (non-hydrogen) atoms. The fourth-order valence-electron chi connectivity index (χ4n) is 1.72. The number of hydrogen-bond acceptors (Lipinski definition) is 5. The topological polar surface area (TPSA) is 103 Å². The number of rotatable bonds is 4. The van der Waals surface area contributed by atoms with E-state index in [9.17, 15) is 9.90 Å². The molecule has 2 N–H and O–H groups in total. The van der Waals surface area contributed by atoms with Crippen molar-refractivity contribution in [3.8, 4) is 17.4 Å². The summed E-state index contributed by atoms with van der Waals surface area (Å²) in [4.78, 5) is 10.9. The number of aromatic carboxylic acids is 1. The molecule has 5 nitrogen and oxygen atoms in total. The molecule has 0 atom stereocenters. The normalized spacial score (nSPS) is 11.0. The second kappa shape index (κ2) is 6.43. The maximum atomic E-state index is 11.0. The predicted molar refractivity (Wildman–Crippen MR) is 83.9 cm³/mol. The number of halogens is 1. The first-order valence-corrected chi connectivity index (χ1v) is 6.73. The van der Waals surface area contributed by atoms with Gasteiger partial charge in [-0.3, -0.25) is 0 Å². The van der Waals surface area contributed by atoms with Gasteiger partial charge in [-0.05, 0) is 30.3 Å². The molecule has 0 amide bonds. The molecule has 0 saturated carbocycles. The molecule has 0 saturated heterocycles. The van der Waals surface area contributed by atoms with Gasteiger partial charge >= 0.3 is 0 Å². The molecule has 110 valence electrons. The number of carbonyl (C=O) groups excluding carboxylic acids is 1. The number of carboxylic acids is 1. The standard InChI is InChI=1S/C15H9ClN2O3S/c16-12-3-1-8(6-11(12)15(19)20)13-4-2-10(21-13)5-9(7-17)14(18)22/h1-6H,(H2,18,22)(H,19,20)/p-1/b9-5-. The Kier molecular flexibility index (Phi) is 4.61. The van der Waals surface area contributed by atoms with Crippen LogP contribution in [0.4, 0.5) is 0 Å². The summed E-state index contributed by atoms with van der Waals surface area (Å²) in [5.74, 6) is -0.603. The van der Waals surface area contributed by atoms with Crippen LogP contribution in [-0.2, 0) is 0 Å². The average molecular weight is 332 g/mol. The quantitative estimate of drug-likeness (QED) is 0.523. The first kappa shape index (κ1) is 15.8. The molecule has 2 rings (SSSR count). The number of hydrogen-bond donors (Lipinski definition) is 1. The molecule has 0 aliphatic carbocycles. The Labute approximate surface area is 136 Å². The third-order valence-electron chi connectivity index (χ3n) is 2.77. The van der Waals surface area contributed by atoms with Crippen molar-refractivity contribution in [1.29, 1.82) is 5.26 Å². The fourth-order valence-corrected chi connectivity index (χ4v) is 2.02. The number of nitrogens with two attached hydrogens (primary N) is 1. The lowest BCUT2D eigenvalue weighted by molar-refractivity contribution is -0.255. The molecule has 1 heterocycles. The summed E-state index contributed by atoms with van der Waals surface area (Å²) in [6.45, 7) is 0. The highest BCUT2D eigenvalue weighted by atomic mass is 35.5. The molecule has 1 aromatic carbocycles. The Hall–Kier alpha value is -2.62. The number of furan rings is 1. The first-order chi connectivity index (χ1) is 10.4. The lowest BCUT2D eigenvalue weighted by Crippen LogP contribution is -2.22. The van der Waals surface area contributed by atoms with Gasteiger partial charge < -0.3 is 20.1 Å². The van der Waals surface area contributed by atoms with Crippen LogP contribution in [0, 0.1) is 11.3 Å². The SMILES string of the molecule is N#C/C(=C/c1ccc(-c2ccc(Cl)c(C(=O)[O-])c2)o1)C(N)=S. The van der Waals surface area contributed by atoms with Crippen molar-refractivity contribution in [3.63, 3.8) is 0 Å². The zero-order valence-corrected chi connectivity index (χ0v) is 12.6. The maximum Gasteiger partial charge on any atom is 0.134 e. The number of carbonyl (C=O) groups is 1. The zero-order chi connectivity index (χ0) is 16.3. The second-order valence-corrected chi connectivity index (χ2v) is 5.07. The molecule has 1 aromatic heterocycles. The summed E-state index contributed by atoms with van der Waals surface area (Å²) < 4.78 is 5.53. The van der Waals surface area contributed by atoms with Crippen molar-refractivity contribution < 1.29 is 14.3 Å². The molecule has 0 spiro atoms. The Balaban J connectivity index is 2.41. The van der Waals surface area contributed by atoms with E-state index >= 15 is 0 Å². The molecular formula is C15H8ClN2O3S-. The Morgan fingerprint density at radius 3 is 2.73 bits per heavy atom. The highest BCUT2D eigenvalue weighted by molar-refractivity contribution is 7.80. The van der Waals surface area contributed by atoms with Crippen molar-refractivity contribution in [1.82, 2.24) is 0 Å². The van der Waals surface area contributed by atoms with Crippen LogP contribution in [0.15, 0.2) is 40.3 Å². The van der Waals surface area contributed by atoms with Gasteiger partial charge in [-0.25, -0.2) is 0 Å². The van der Waals surface area contributed by atoms with Crippen molar-refractivity contribution in [2.24, 2.45) is 5.73 Å². The highest BCUT2D eigenvalue weighted by Crippen LogP contribution is 2.27. The first-order valence-electron chi connectivity index (χ1n) is 5.95. The van der Waals surface area contributed by atoms with Crippen LogP contribution in [0.2, 0.25) is 5.02 Å². The van der Waals surface area contributed by atoms with Gasteiger partial charge in [-0.15, -0.1) is 0 Å². The van der Waals surface area contributed by atoms with Crippen LogP contribution in [0.3, 0.4) is 0 Å². The largest absolute Gasteiger partial charge is 0.545 e. The molecule has 0 aliphatic rings. The Morgan fingerprint density at radius 2 is 2.14 bits per heavy atom. The second-order valence-electron chi connectivity index (χ2n) is 4.22. The van der Waals surface area contributed by atoms with Crippen LogP contribution in [0.25, 0.3) is 17.4 Å². The Morgan fingerprint density at radius 1 is 1.41 bits per heavy atom. The number of nitriles is 1. The van der Waals surface area contributed by atoms with E-state index in [4.69, 9.17) is 39.2 Å². The molecule has 0 bridgehead atoms. The minimum Gasteiger partial charge on any atom is -0.545 e. The monoisotopic (exact) mass is 331 g/mol. The van der Waals surface area contributed by atoms with Crippen LogP contribution < -0.4 is 10.8 Å². The molecule has 0 unspecified atom stereocenters. The summed E-state index contributed by atoms with van der Waals surface area (Å²) in [5.41, 5.74) is 5.89. The molecule has 0 radical (unpaired) electrons. The van der Waals surface area contributed by atoms with Gasteiger partial charge in [0.15, 0.2) is 0 Å². The summed E-state index contributed by atoms with van der Waals surface area (Å²) in [6, 6.07) is 9.50. The van der Waals surface area contributed by atoms with Gasteiger partial charge in [0.25, 0.3) is 0 Å². The van der Waals surface area contributed by atoms with Crippen molar-refractivity contribution in [2.75, 3.05) is 0 Å². The summed E-state index contributed by atoms with van der Waals surface area (Å²) in [6.07, 6.45) is 1.40. The van der Waals surface area contributed by atoms with Crippen molar-refractivity contribution >= 4 is 40.9 Å². The molecule has 0 fully saturated rings. The van der Waals surface area contributed by atoms with Crippen LogP contribution in [0.1, 0.15) is 16.1 Å². The van der Waals surface area contributed by atoms with Gasteiger partial charge in [-0.2, -0.15) is 5.26 Å². The van der Waals surface area contributed by atoms with E-state index in [1.54, 1.807) is 18.2 Å². The third-order valence-corrected chi connectivity index (χ3v) is 3.32. The van der Waals surface area contributed by atoms with Gasteiger partial charge in [0.05, 0.1) is 11.5 Å². The van der Waals surface area contributed by atoms with E-state index in [2.05, 4.69) is 0 Å². The van der Waals surface area contributed by atoms with Gasteiger partial charge in [0, 0.05) is 22.2 Å². The minimum absolute atomic E-state index is 0.0359. The molecule has 2 aromatic rings. The predicted octanol–water partition coefficient (Wildman–Crippen LogP) is 2.16. The molecule has 0 aliphatic heterocycles. The highest BCUT2D eigenvalue weighted by Gasteiger charge is 2.09. The van der Waals surface area contributed by atoms with Gasteiger partial charge in [-0.1, -0.05) is 23.8 Å². The summed E-state index contributed by atoms with van der Waals surface area (Å²) in [7, 11) is 0. The minimum atomic E-state index is -1.38. The summed E-state index contributed by atoms with van der Waals surface area (Å²) in [5, 5.41) is 19.9. The lowest BCUT2D eigenvalue weighted by Gasteiger charge is -2.06. The van der Waals surface area contributed by atoms with E-state index in [1.807, 2.05) is 6.07 Å². The van der Waals surface area contributed by atoms with E-state index in [1.165, 1.54) is 18.2 Å². The average Bonchev–Trinajstić information content (AvgIpc) is 2.93. The molecule has 7 heteroatoms. The number of carboxylic acid groups (broad SMARTS) is 1. The van der Waals surface area contributed by atoms with Gasteiger partial charge in [0.2, 0.25) is 0 Å². The van der Waals surface area contributed by atoms with E-state index in [-0.39, 0.29) is 21.1 Å². The van der Waals surface area contributed by atoms with E-state index < -0.39 is 5.97 Å². The third kappa shape index (κ3) is 3.34. The van der Waals surface area contributed by atoms with E-state index in [0.29, 0.717) is 17.1 Å². The number of thiocarbonyl (C=S) groups is 1. The number of benzene rings is 1. The van der Waals surface area contributed by atoms with Crippen molar-refractivity contribution in [2.45, 2.75) is 0 Å². The van der Waals surface area contributed by atoms with Crippen LogP contribution >= 0.6 is 23.8 Å². The van der Waals surface area contributed by atoms with Crippen LogP contribution in [0.5, 0.6) is 0 Å². The Bertz CT molecular complexity index is 834. The van der Waals surface area contributed by atoms with Gasteiger partial charge in [0.1, 0.15) is 22.6 Å². The van der Waals surface area contributed by atoms with E-state index in [0.717, 1.165) is 0 Å². The number of nitrogens with zero attached hydrogens (tertiary/aromatic N) is 1. The molecular weight excluding hydrogens is 324 g/mol. The fraction of sp³-hybridized carbons (Fsp3) is 0. The smallest absolute Gasteiger partial charge is 0.134 e.